The van der Waals surface area contributed by atoms with Gasteiger partial charge in [0.2, 0.25) is 6.79 Å². The van der Waals surface area contributed by atoms with Crippen LogP contribution >= 0.6 is 0 Å². The van der Waals surface area contributed by atoms with Crippen LogP contribution in [0.25, 0.3) is 0 Å². The lowest BCUT2D eigenvalue weighted by atomic mass is 10.2. The minimum absolute atomic E-state index is 0.254. The van der Waals surface area contributed by atoms with Gasteiger partial charge in [-0.25, -0.2) is 4.39 Å². The topological polar surface area (TPSA) is 30.9 Å². The lowest BCUT2D eigenvalue weighted by Gasteiger charge is -2.20. The minimum Gasteiger partial charge on any atom is -0.492 e. The summed E-state index contributed by atoms with van der Waals surface area (Å²) in [5.41, 5.74) is 1.18. The Morgan fingerprint density at radius 3 is 2.65 bits per heavy atom. The third-order valence-electron chi connectivity index (χ3n) is 3.78. The molecular weight excluding hydrogens is 297 g/mol. The standard InChI is InChI=1S/C18H20FNO3/c1-2-20(9-10-21-16-6-4-15(19)5-7-16)12-14-3-8-17-18(11-14)23-13-22-17/h3-8,11H,2,9-10,12-13H2,1H3. The average Bonchev–Trinajstić information content (AvgIpc) is 3.03. The van der Waals surface area contributed by atoms with E-state index in [0.29, 0.717) is 19.1 Å². The molecule has 23 heavy (non-hydrogen) atoms. The van der Waals surface area contributed by atoms with E-state index in [1.165, 1.54) is 17.7 Å². The Bertz CT molecular complexity index is 645. The van der Waals surface area contributed by atoms with Gasteiger partial charge in [0.25, 0.3) is 0 Å². The second-order valence-corrected chi connectivity index (χ2v) is 5.36. The van der Waals surface area contributed by atoms with Crippen molar-refractivity contribution in [3.8, 4) is 17.2 Å². The summed E-state index contributed by atoms with van der Waals surface area (Å²) >= 11 is 0. The Labute approximate surface area is 135 Å². The predicted octanol–water partition coefficient (Wildman–Crippen LogP) is 3.46. The van der Waals surface area contributed by atoms with Crippen LogP contribution in [0.2, 0.25) is 0 Å². The molecule has 2 aromatic carbocycles. The highest BCUT2D eigenvalue weighted by Crippen LogP contribution is 2.32. The Morgan fingerprint density at radius 2 is 1.87 bits per heavy atom. The lowest BCUT2D eigenvalue weighted by Crippen LogP contribution is -2.27. The molecule has 0 saturated heterocycles. The molecule has 0 unspecified atom stereocenters. The Balaban J connectivity index is 1.50. The van der Waals surface area contributed by atoms with E-state index in [2.05, 4.69) is 17.9 Å². The van der Waals surface area contributed by atoms with Crippen molar-refractivity contribution in [3.05, 3.63) is 53.8 Å². The van der Waals surface area contributed by atoms with Gasteiger partial charge in [-0.1, -0.05) is 13.0 Å². The molecular formula is C18H20FNO3. The maximum atomic E-state index is 12.8. The maximum absolute atomic E-state index is 12.8. The van der Waals surface area contributed by atoms with Crippen molar-refractivity contribution in [2.24, 2.45) is 0 Å². The molecule has 0 spiro atoms. The van der Waals surface area contributed by atoms with Gasteiger partial charge in [0.05, 0.1) is 0 Å². The highest BCUT2D eigenvalue weighted by Gasteiger charge is 2.14. The first-order valence-electron chi connectivity index (χ1n) is 7.74. The van der Waals surface area contributed by atoms with Crippen molar-refractivity contribution in [3.63, 3.8) is 0 Å². The Morgan fingerprint density at radius 1 is 1.09 bits per heavy atom. The summed E-state index contributed by atoms with van der Waals surface area (Å²) in [4.78, 5) is 2.28. The maximum Gasteiger partial charge on any atom is 0.231 e. The summed E-state index contributed by atoms with van der Waals surface area (Å²) in [5.74, 6) is 2.04. The highest BCUT2D eigenvalue weighted by atomic mass is 19.1. The van der Waals surface area contributed by atoms with Crippen molar-refractivity contribution >= 4 is 0 Å². The summed E-state index contributed by atoms with van der Waals surface area (Å²) in [7, 11) is 0. The molecule has 0 amide bonds. The van der Waals surface area contributed by atoms with E-state index in [1.54, 1.807) is 12.1 Å². The van der Waals surface area contributed by atoms with Gasteiger partial charge in [-0.3, -0.25) is 4.90 Å². The monoisotopic (exact) mass is 317 g/mol. The van der Waals surface area contributed by atoms with Crippen LogP contribution in [0.1, 0.15) is 12.5 Å². The molecule has 0 aliphatic carbocycles. The molecule has 0 atom stereocenters. The molecule has 1 aliphatic rings. The first kappa shape index (κ1) is 15.6. The first-order chi connectivity index (χ1) is 11.2. The number of rotatable bonds is 7. The van der Waals surface area contributed by atoms with Crippen molar-refractivity contribution in [1.29, 1.82) is 0 Å². The molecule has 2 aromatic rings. The fourth-order valence-corrected chi connectivity index (χ4v) is 2.47. The van der Waals surface area contributed by atoms with Crippen molar-refractivity contribution < 1.29 is 18.6 Å². The molecule has 0 radical (unpaired) electrons. The van der Waals surface area contributed by atoms with E-state index in [4.69, 9.17) is 14.2 Å². The third-order valence-corrected chi connectivity index (χ3v) is 3.78. The molecule has 0 bridgehead atoms. The molecule has 0 saturated carbocycles. The largest absolute Gasteiger partial charge is 0.492 e. The lowest BCUT2D eigenvalue weighted by molar-refractivity contribution is 0.174. The third kappa shape index (κ3) is 4.13. The first-order valence-corrected chi connectivity index (χ1v) is 7.74. The van der Waals surface area contributed by atoms with E-state index >= 15 is 0 Å². The summed E-state index contributed by atoms with van der Waals surface area (Å²) < 4.78 is 29.2. The molecule has 3 rings (SSSR count). The van der Waals surface area contributed by atoms with Crippen LogP contribution < -0.4 is 14.2 Å². The van der Waals surface area contributed by atoms with Gasteiger partial charge < -0.3 is 14.2 Å². The normalized spacial score (nSPS) is 12.7. The molecule has 4 nitrogen and oxygen atoms in total. The second-order valence-electron chi connectivity index (χ2n) is 5.36. The van der Waals surface area contributed by atoms with Crippen LogP contribution in [0.4, 0.5) is 4.39 Å². The fraction of sp³-hybridized carbons (Fsp3) is 0.333. The zero-order chi connectivity index (χ0) is 16.1. The van der Waals surface area contributed by atoms with E-state index < -0.39 is 0 Å². The molecule has 0 fully saturated rings. The molecule has 122 valence electrons. The molecule has 0 aromatic heterocycles. The number of hydrogen-bond donors (Lipinski definition) is 0. The van der Waals surface area contributed by atoms with E-state index in [9.17, 15) is 4.39 Å². The van der Waals surface area contributed by atoms with Gasteiger partial charge in [-0.05, 0) is 48.5 Å². The smallest absolute Gasteiger partial charge is 0.231 e. The number of ether oxygens (including phenoxy) is 3. The van der Waals surface area contributed by atoms with Crippen molar-refractivity contribution in [2.45, 2.75) is 13.5 Å². The van der Waals surface area contributed by atoms with Crippen molar-refractivity contribution in [1.82, 2.24) is 4.90 Å². The van der Waals surface area contributed by atoms with E-state index in [-0.39, 0.29) is 5.82 Å². The van der Waals surface area contributed by atoms with Gasteiger partial charge in [0.15, 0.2) is 11.5 Å². The van der Waals surface area contributed by atoms with Gasteiger partial charge >= 0.3 is 0 Å². The Hall–Kier alpha value is -2.27. The van der Waals surface area contributed by atoms with Gasteiger partial charge in [-0.2, -0.15) is 0 Å². The SMILES string of the molecule is CCN(CCOc1ccc(F)cc1)Cc1ccc2c(c1)OCO2. The highest BCUT2D eigenvalue weighted by molar-refractivity contribution is 5.44. The van der Waals surface area contributed by atoms with E-state index in [0.717, 1.165) is 31.1 Å². The van der Waals surface area contributed by atoms with Crippen LogP contribution in [0, 0.1) is 5.82 Å². The number of fused-ring (bicyclic) bond motifs is 1. The van der Waals surface area contributed by atoms with Crippen LogP contribution in [0.5, 0.6) is 17.2 Å². The number of likely N-dealkylation sites (N-methyl/N-ethyl adjacent to an activating group) is 1. The zero-order valence-electron chi connectivity index (χ0n) is 13.1. The second kappa shape index (κ2) is 7.33. The molecule has 0 N–H and O–H groups in total. The van der Waals surface area contributed by atoms with Crippen LogP contribution in [0.15, 0.2) is 42.5 Å². The molecule has 1 aliphatic heterocycles. The zero-order valence-corrected chi connectivity index (χ0v) is 13.1. The number of halogens is 1. The van der Waals surface area contributed by atoms with Crippen LogP contribution in [-0.4, -0.2) is 31.4 Å². The van der Waals surface area contributed by atoms with Crippen LogP contribution in [-0.2, 0) is 6.54 Å². The Kier molecular flexibility index (Phi) is 4.98. The summed E-state index contributed by atoms with van der Waals surface area (Å²) in [6.07, 6.45) is 0. The van der Waals surface area contributed by atoms with Gasteiger partial charge in [0, 0.05) is 13.1 Å². The average molecular weight is 317 g/mol. The van der Waals surface area contributed by atoms with Gasteiger partial charge in [-0.15, -0.1) is 0 Å². The van der Waals surface area contributed by atoms with Gasteiger partial charge in [0.1, 0.15) is 18.2 Å². The summed E-state index contributed by atoms with van der Waals surface area (Å²) in [5, 5.41) is 0. The quantitative estimate of drug-likeness (QED) is 0.782. The number of hydrogen-bond acceptors (Lipinski definition) is 4. The predicted molar refractivity (Wildman–Crippen MR) is 85.4 cm³/mol. The number of nitrogens with zero attached hydrogens (tertiary/aromatic N) is 1. The minimum atomic E-state index is -0.254. The van der Waals surface area contributed by atoms with Crippen LogP contribution in [0.3, 0.4) is 0 Å². The molecule has 5 heteroatoms. The van der Waals surface area contributed by atoms with Crippen molar-refractivity contribution in [2.75, 3.05) is 26.5 Å². The fourth-order valence-electron chi connectivity index (χ4n) is 2.47. The summed E-state index contributed by atoms with van der Waals surface area (Å²) in [6.45, 7) is 5.50. The molecule has 1 heterocycles. The summed E-state index contributed by atoms with van der Waals surface area (Å²) in [6, 6.07) is 12.1. The number of benzene rings is 2. The van der Waals surface area contributed by atoms with E-state index in [1.807, 2.05) is 12.1 Å².